The topological polar surface area (TPSA) is 56.2 Å². The molecule has 1 N–H and O–H groups in total. The van der Waals surface area contributed by atoms with Crippen LogP contribution in [-0.2, 0) is 4.79 Å². The van der Waals surface area contributed by atoms with Crippen LogP contribution in [0.15, 0.2) is 72.9 Å². The fraction of sp³-hybridized carbons (Fsp3) is 0.111. The number of carbonyl (C=O) groups is 1. The molecule has 0 bridgehead atoms. The standard InChI is InChI=1S/C18H17N3O2/c1-14(18(22)19-15-8-4-2-5-9-15)23-17-12-13-21(20-17)16-10-6-3-7-11-16/h2-14H,1H3,(H,19,22). The van der Waals surface area contributed by atoms with Gasteiger partial charge in [-0.25, -0.2) is 4.68 Å². The lowest BCUT2D eigenvalue weighted by atomic mass is 10.3. The summed E-state index contributed by atoms with van der Waals surface area (Å²) < 4.78 is 7.31. The van der Waals surface area contributed by atoms with Crippen LogP contribution in [0.1, 0.15) is 6.92 Å². The van der Waals surface area contributed by atoms with E-state index in [9.17, 15) is 4.79 Å². The first-order valence-corrected chi connectivity index (χ1v) is 7.36. The minimum absolute atomic E-state index is 0.217. The summed E-state index contributed by atoms with van der Waals surface area (Å²) in [5.74, 6) is 0.190. The smallest absolute Gasteiger partial charge is 0.265 e. The lowest BCUT2D eigenvalue weighted by Crippen LogP contribution is -2.30. The number of hydrogen-bond acceptors (Lipinski definition) is 3. The molecule has 23 heavy (non-hydrogen) atoms. The van der Waals surface area contributed by atoms with Gasteiger partial charge in [-0.1, -0.05) is 36.4 Å². The molecule has 1 atom stereocenters. The Hall–Kier alpha value is -3.08. The highest BCUT2D eigenvalue weighted by atomic mass is 16.5. The van der Waals surface area contributed by atoms with Gasteiger partial charge in [0, 0.05) is 18.0 Å². The Balaban J connectivity index is 1.63. The fourth-order valence-corrected chi connectivity index (χ4v) is 2.09. The van der Waals surface area contributed by atoms with Crippen LogP contribution in [0.5, 0.6) is 5.88 Å². The molecule has 2 aromatic carbocycles. The van der Waals surface area contributed by atoms with Crippen molar-refractivity contribution in [2.45, 2.75) is 13.0 Å². The molecule has 3 rings (SSSR count). The number of para-hydroxylation sites is 2. The summed E-state index contributed by atoms with van der Waals surface area (Å²) in [5.41, 5.74) is 1.67. The summed E-state index contributed by atoms with van der Waals surface area (Å²) in [6.07, 6.45) is 1.15. The van der Waals surface area contributed by atoms with Crippen molar-refractivity contribution in [2.75, 3.05) is 5.32 Å². The first-order valence-electron chi connectivity index (χ1n) is 7.36. The molecule has 0 spiro atoms. The highest BCUT2D eigenvalue weighted by molar-refractivity contribution is 5.94. The summed E-state index contributed by atoms with van der Waals surface area (Å²) in [6.45, 7) is 1.69. The van der Waals surface area contributed by atoms with E-state index < -0.39 is 6.10 Å². The van der Waals surface area contributed by atoms with E-state index in [2.05, 4.69) is 10.4 Å². The van der Waals surface area contributed by atoms with Crippen LogP contribution < -0.4 is 10.1 Å². The second-order valence-electron chi connectivity index (χ2n) is 5.05. The molecule has 0 aliphatic rings. The predicted octanol–water partition coefficient (Wildman–Crippen LogP) is 3.28. The number of amides is 1. The number of aromatic nitrogens is 2. The van der Waals surface area contributed by atoms with Crippen molar-refractivity contribution in [1.82, 2.24) is 9.78 Å². The SMILES string of the molecule is CC(Oc1ccn(-c2ccccc2)n1)C(=O)Nc1ccccc1. The van der Waals surface area contributed by atoms with Crippen molar-refractivity contribution < 1.29 is 9.53 Å². The molecule has 116 valence electrons. The molecule has 0 fully saturated rings. The Morgan fingerprint density at radius 3 is 2.39 bits per heavy atom. The van der Waals surface area contributed by atoms with Gasteiger partial charge in [-0.05, 0) is 31.2 Å². The predicted molar refractivity (Wildman–Crippen MR) is 88.7 cm³/mol. The highest BCUT2D eigenvalue weighted by Crippen LogP contribution is 2.14. The third kappa shape index (κ3) is 3.77. The summed E-state index contributed by atoms with van der Waals surface area (Å²) in [4.78, 5) is 12.1. The van der Waals surface area contributed by atoms with Crippen molar-refractivity contribution in [3.8, 4) is 11.6 Å². The van der Waals surface area contributed by atoms with E-state index in [-0.39, 0.29) is 5.91 Å². The molecule has 1 heterocycles. The first-order chi connectivity index (χ1) is 11.2. The second-order valence-corrected chi connectivity index (χ2v) is 5.05. The maximum Gasteiger partial charge on any atom is 0.265 e. The average Bonchev–Trinajstić information content (AvgIpc) is 3.05. The normalized spacial score (nSPS) is 11.7. The van der Waals surface area contributed by atoms with Crippen molar-refractivity contribution in [1.29, 1.82) is 0 Å². The van der Waals surface area contributed by atoms with Gasteiger partial charge < -0.3 is 10.1 Å². The van der Waals surface area contributed by atoms with Gasteiger partial charge in [-0.3, -0.25) is 4.79 Å². The molecular formula is C18H17N3O2. The second kappa shape index (κ2) is 6.79. The Bertz CT molecular complexity index is 769. The van der Waals surface area contributed by atoms with Crippen LogP contribution in [0.4, 0.5) is 5.69 Å². The Labute approximate surface area is 134 Å². The van der Waals surface area contributed by atoms with Gasteiger partial charge in [0.05, 0.1) is 5.69 Å². The van der Waals surface area contributed by atoms with Crippen molar-refractivity contribution in [3.05, 3.63) is 72.9 Å². The monoisotopic (exact) mass is 307 g/mol. The number of anilines is 1. The van der Waals surface area contributed by atoms with Gasteiger partial charge in [0.2, 0.25) is 5.88 Å². The molecule has 0 aliphatic heterocycles. The van der Waals surface area contributed by atoms with Crippen molar-refractivity contribution >= 4 is 11.6 Å². The maximum absolute atomic E-state index is 12.1. The number of hydrogen-bond donors (Lipinski definition) is 1. The lowest BCUT2D eigenvalue weighted by Gasteiger charge is -2.12. The van der Waals surface area contributed by atoms with Gasteiger partial charge in [0.15, 0.2) is 6.10 Å². The zero-order valence-corrected chi connectivity index (χ0v) is 12.7. The van der Waals surface area contributed by atoms with Crippen molar-refractivity contribution in [2.24, 2.45) is 0 Å². The van der Waals surface area contributed by atoms with Crippen molar-refractivity contribution in [3.63, 3.8) is 0 Å². The molecule has 5 heteroatoms. The van der Waals surface area contributed by atoms with Crippen LogP contribution in [0.2, 0.25) is 0 Å². The molecule has 1 aromatic heterocycles. The molecular weight excluding hydrogens is 290 g/mol. The fourth-order valence-electron chi connectivity index (χ4n) is 2.09. The van der Waals surface area contributed by atoms with Crippen LogP contribution >= 0.6 is 0 Å². The number of nitrogens with zero attached hydrogens (tertiary/aromatic N) is 2. The largest absolute Gasteiger partial charge is 0.463 e. The van der Waals surface area contributed by atoms with Gasteiger partial charge in [0.25, 0.3) is 5.91 Å². The van der Waals surface area contributed by atoms with E-state index in [4.69, 9.17) is 4.74 Å². The van der Waals surface area contributed by atoms with Gasteiger partial charge in [-0.2, -0.15) is 0 Å². The van der Waals surface area contributed by atoms with E-state index in [1.165, 1.54) is 0 Å². The third-order valence-corrected chi connectivity index (χ3v) is 3.29. The Morgan fingerprint density at radius 1 is 1.04 bits per heavy atom. The maximum atomic E-state index is 12.1. The van der Waals surface area contributed by atoms with Crippen LogP contribution in [0, 0.1) is 0 Å². The molecule has 3 aromatic rings. The first kappa shape index (κ1) is 14.8. The molecule has 1 unspecified atom stereocenters. The van der Waals surface area contributed by atoms with Crippen LogP contribution in [-0.4, -0.2) is 21.8 Å². The number of ether oxygens (including phenoxy) is 1. The quantitative estimate of drug-likeness (QED) is 0.787. The number of nitrogens with one attached hydrogen (secondary N) is 1. The summed E-state index contributed by atoms with van der Waals surface area (Å²) >= 11 is 0. The van der Waals surface area contributed by atoms with E-state index in [1.54, 1.807) is 23.9 Å². The van der Waals surface area contributed by atoms with E-state index in [0.29, 0.717) is 5.88 Å². The highest BCUT2D eigenvalue weighted by Gasteiger charge is 2.16. The number of rotatable bonds is 5. The molecule has 1 amide bonds. The van der Waals surface area contributed by atoms with E-state index >= 15 is 0 Å². The average molecular weight is 307 g/mol. The van der Waals surface area contributed by atoms with Crippen LogP contribution in [0.3, 0.4) is 0 Å². The van der Waals surface area contributed by atoms with Gasteiger partial charge >= 0.3 is 0 Å². The molecule has 0 radical (unpaired) electrons. The summed E-state index contributed by atoms with van der Waals surface area (Å²) in [7, 11) is 0. The zero-order chi connectivity index (χ0) is 16.1. The lowest BCUT2D eigenvalue weighted by molar-refractivity contribution is -0.122. The molecule has 5 nitrogen and oxygen atoms in total. The molecule has 0 saturated carbocycles. The minimum Gasteiger partial charge on any atom is -0.463 e. The number of carbonyl (C=O) groups excluding carboxylic acids is 1. The Kier molecular flexibility index (Phi) is 4.38. The molecule has 0 saturated heterocycles. The van der Waals surface area contributed by atoms with Gasteiger partial charge in [-0.15, -0.1) is 5.10 Å². The van der Waals surface area contributed by atoms with E-state index in [1.807, 2.05) is 60.7 Å². The summed E-state index contributed by atoms with van der Waals surface area (Å²) in [6, 6.07) is 20.7. The van der Waals surface area contributed by atoms with Gasteiger partial charge in [0.1, 0.15) is 0 Å². The number of benzene rings is 2. The molecule has 0 aliphatic carbocycles. The Morgan fingerprint density at radius 2 is 1.70 bits per heavy atom. The zero-order valence-electron chi connectivity index (χ0n) is 12.7. The van der Waals surface area contributed by atoms with E-state index in [0.717, 1.165) is 11.4 Å². The summed E-state index contributed by atoms with van der Waals surface area (Å²) in [5, 5.41) is 7.13. The minimum atomic E-state index is -0.644. The third-order valence-electron chi connectivity index (χ3n) is 3.29. The van der Waals surface area contributed by atoms with Crippen LogP contribution in [0.25, 0.3) is 5.69 Å².